The quantitative estimate of drug-likeness (QED) is 0.774. The van der Waals surface area contributed by atoms with Crippen LogP contribution in [0.25, 0.3) is 0 Å². The van der Waals surface area contributed by atoms with Gasteiger partial charge in [-0.1, -0.05) is 32.0 Å². The van der Waals surface area contributed by atoms with Crippen molar-refractivity contribution < 1.29 is 4.79 Å². The highest BCUT2D eigenvalue weighted by Gasteiger charge is 2.15. The minimum atomic E-state index is -0.199. The van der Waals surface area contributed by atoms with E-state index in [1.807, 2.05) is 39.2 Å². The van der Waals surface area contributed by atoms with Crippen LogP contribution in [0.5, 0.6) is 0 Å². The molecule has 0 radical (unpaired) electrons. The minimum Gasteiger partial charge on any atom is -0.324 e. The third kappa shape index (κ3) is 5.86. The molecule has 21 heavy (non-hydrogen) atoms. The Hall–Kier alpha value is -1.39. The molecule has 1 aromatic rings. The lowest BCUT2D eigenvalue weighted by Crippen LogP contribution is -2.41. The lowest BCUT2D eigenvalue weighted by atomic mass is 9.97. The first-order valence-electron chi connectivity index (χ1n) is 7.73. The molecule has 0 heterocycles. The summed E-state index contributed by atoms with van der Waals surface area (Å²) in [6.45, 7) is 7.96. The first kappa shape index (κ1) is 17.7. The smallest absolute Gasteiger partial charge is 0.241 e. The predicted octanol–water partition coefficient (Wildman–Crippen LogP) is 2.68. The number of carbonyl (C=O) groups is 1. The van der Waals surface area contributed by atoms with E-state index in [4.69, 9.17) is 0 Å². The molecule has 0 aromatic heterocycles. The van der Waals surface area contributed by atoms with Crippen LogP contribution in [0.2, 0.25) is 0 Å². The van der Waals surface area contributed by atoms with Crippen LogP contribution in [0.15, 0.2) is 24.3 Å². The van der Waals surface area contributed by atoms with E-state index in [1.165, 1.54) is 5.56 Å². The molecule has 1 aromatic carbocycles. The molecule has 0 bridgehead atoms. The third-order valence-corrected chi connectivity index (χ3v) is 3.76. The van der Waals surface area contributed by atoms with Crippen LogP contribution in [-0.4, -0.2) is 44.0 Å². The second-order valence-corrected chi connectivity index (χ2v) is 5.86. The second kappa shape index (κ2) is 8.80. The van der Waals surface area contributed by atoms with Gasteiger partial charge in [-0.15, -0.1) is 0 Å². The highest BCUT2D eigenvalue weighted by Crippen LogP contribution is 2.26. The van der Waals surface area contributed by atoms with Crippen molar-refractivity contribution >= 4 is 11.6 Å². The van der Waals surface area contributed by atoms with Gasteiger partial charge in [0.25, 0.3) is 0 Å². The average Bonchev–Trinajstić information content (AvgIpc) is 2.46. The van der Waals surface area contributed by atoms with E-state index in [2.05, 4.69) is 35.4 Å². The van der Waals surface area contributed by atoms with Gasteiger partial charge < -0.3 is 15.5 Å². The molecule has 0 saturated heterocycles. The number of anilines is 1. The van der Waals surface area contributed by atoms with Crippen molar-refractivity contribution in [3.05, 3.63) is 29.8 Å². The molecule has 0 aliphatic carbocycles. The molecule has 0 aliphatic rings. The number of para-hydroxylation sites is 1. The van der Waals surface area contributed by atoms with E-state index in [9.17, 15) is 4.79 Å². The Morgan fingerprint density at radius 2 is 1.90 bits per heavy atom. The Bertz CT molecular complexity index is 445. The number of rotatable bonds is 8. The number of likely N-dealkylation sites (N-methyl/N-ethyl adjacent to an activating group) is 1. The first-order chi connectivity index (χ1) is 9.95. The molecule has 0 aliphatic heterocycles. The maximum atomic E-state index is 12.3. The molecule has 0 saturated carbocycles. The molecule has 2 atom stereocenters. The largest absolute Gasteiger partial charge is 0.324 e. The highest BCUT2D eigenvalue weighted by atomic mass is 16.2. The monoisotopic (exact) mass is 291 g/mol. The standard InChI is InChI=1S/C17H29N3O/c1-6-13(2)15-9-7-8-10-16(15)19-17(21)14(3)18-11-12-20(4)5/h7-10,13-14,18H,6,11-12H2,1-5H3,(H,19,21)/t13-,14+/m0/s1. The maximum absolute atomic E-state index is 12.3. The van der Waals surface area contributed by atoms with Crippen LogP contribution < -0.4 is 10.6 Å². The van der Waals surface area contributed by atoms with Gasteiger partial charge in [0.05, 0.1) is 6.04 Å². The van der Waals surface area contributed by atoms with Crippen LogP contribution in [-0.2, 0) is 4.79 Å². The van der Waals surface area contributed by atoms with E-state index in [-0.39, 0.29) is 11.9 Å². The van der Waals surface area contributed by atoms with E-state index in [0.717, 1.165) is 25.2 Å². The number of hydrogen-bond donors (Lipinski definition) is 2. The summed E-state index contributed by atoms with van der Waals surface area (Å²) < 4.78 is 0. The van der Waals surface area contributed by atoms with Crippen molar-refractivity contribution in [3.63, 3.8) is 0 Å². The van der Waals surface area contributed by atoms with Crippen LogP contribution in [0.1, 0.15) is 38.7 Å². The number of nitrogens with zero attached hydrogens (tertiary/aromatic N) is 1. The molecule has 118 valence electrons. The zero-order valence-electron chi connectivity index (χ0n) is 13.9. The first-order valence-corrected chi connectivity index (χ1v) is 7.73. The molecule has 4 heteroatoms. The van der Waals surface area contributed by atoms with Crippen molar-refractivity contribution in [3.8, 4) is 0 Å². The fourth-order valence-electron chi connectivity index (χ4n) is 2.10. The zero-order valence-corrected chi connectivity index (χ0v) is 13.9. The summed E-state index contributed by atoms with van der Waals surface area (Å²) in [4.78, 5) is 14.4. The number of benzene rings is 1. The summed E-state index contributed by atoms with van der Waals surface area (Å²) in [7, 11) is 4.05. The summed E-state index contributed by atoms with van der Waals surface area (Å²) in [6, 6.07) is 7.86. The van der Waals surface area contributed by atoms with Gasteiger partial charge in [-0.2, -0.15) is 0 Å². The van der Waals surface area contributed by atoms with Gasteiger partial charge >= 0.3 is 0 Å². The van der Waals surface area contributed by atoms with Crippen LogP contribution in [0, 0.1) is 0 Å². The van der Waals surface area contributed by atoms with Crippen molar-refractivity contribution in [1.29, 1.82) is 0 Å². The number of nitrogens with one attached hydrogen (secondary N) is 2. The maximum Gasteiger partial charge on any atom is 0.241 e. The lowest BCUT2D eigenvalue weighted by molar-refractivity contribution is -0.117. The Morgan fingerprint density at radius 3 is 2.52 bits per heavy atom. The summed E-state index contributed by atoms with van der Waals surface area (Å²) >= 11 is 0. The molecule has 0 fully saturated rings. The highest BCUT2D eigenvalue weighted by molar-refractivity contribution is 5.95. The second-order valence-electron chi connectivity index (χ2n) is 5.86. The molecular formula is C17H29N3O. The fraction of sp³-hybridized carbons (Fsp3) is 0.588. The Labute approximate surface area is 128 Å². The zero-order chi connectivity index (χ0) is 15.8. The average molecular weight is 291 g/mol. The van der Waals surface area contributed by atoms with E-state index >= 15 is 0 Å². The SMILES string of the molecule is CC[C@H](C)c1ccccc1NC(=O)[C@@H](C)NCCN(C)C. The predicted molar refractivity (Wildman–Crippen MR) is 89.8 cm³/mol. The normalized spacial score (nSPS) is 14.0. The molecule has 0 unspecified atom stereocenters. The molecule has 0 spiro atoms. The van der Waals surface area contributed by atoms with Gasteiger partial charge in [-0.25, -0.2) is 0 Å². The van der Waals surface area contributed by atoms with Crippen molar-refractivity contribution in [2.24, 2.45) is 0 Å². The number of amides is 1. The molecular weight excluding hydrogens is 262 g/mol. The summed E-state index contributed by atoms with van der Waals surface area (Å²) in [5.41, 5.74) is 2.13. The molecule has 1 rings (SSSR count). The molecule has 4 nitrogen and oxygen atoms in total. The van der Waals surface area contributed by atoms with Crippen LogP contribution in [0.3, 0.4) is 0 Å². The van der Waals surface area contributed by atoms with Gasteiger partial charge in [0.1, 0.15) is 0 Å². The Morgan fingerprint density at radius 1 is 1.24 bits per heavy atom. The van der Waals surface area contributed by atoms with E-state index < -0.39 is 0 Å². The topological polar surface area (TPSA) is 44.4 Å². The molecule has 1 amide bonds. The summed E-state index contributed by atoms with van der Waals surface area (Å²) in [5.74, 6) is 0.461. The number of hydrogen-bond acceptors (Lipinski definition) is 3. The van der Waals surface area contributed by atoms with Gasteiger partial charge in [-0.3, -0.25) is 4.79 Å². The van der Waals surface area contributed by atoms with Crippen LogP contribution in [0.4, 0.5) is 5.69 Å². The van der Waals surface area contributed by atoms with Gasteiger partial charge in [0.15, 0.2) is 0 Å². The minimum absolute atomic E-state index is 0.0181. The summed E-state index contributed by atoms with van der Waals surface area (Å²) in [6.07, 6.45) is 1.06. The summed E-state index contributed by atoms with van der Waals surface area (Å²) in [5, 5.41) is 6.29. The van der Waals surface area contributed by atoms with Gasteiger partial charge in [0.2, 0.25) is 5.91 Å². The Kier molecular flexibility index (Phi) is 7.40. The Balaban J connectivity index is 2.62. The van der Waals surface area contributed by atoms with E-state index in [0.29, 0.717) is 5.92 Å². The van der Waals surface area contributed by atoms with E-state index in [1.54, 1.807) is 0 Å². The van der Waals surface area contributed by atoms with Crippen molar-refractivity contribution in [2.75, 3.05) is 32.5 Å². The van der Waals surface area contributed by atoms with Gasteiger partial charge in [0, 0.05) is 18.8 Å². The van der Waals surface area contributed by atoms with Gasteiger partial charge in [-0.05, 0) is 45.0 Å². The van der Waals surface area contributed by atoms with Crippen LogP contribution >= 0.6 is 0 Å². The third-order valence-electron chi connectivity index (χ3n) is 3.76. The number of carbonyl (C=O) groups excluding carboxylic acids is 1. The van der Waals surface area contributed by atoms with Crippen molar-refractivity contribution in [2.45, 2.75) is 39.2 Å². The van der Waals surface area contributed by atoms with Crippen molar-refractivity contribution in [1.82, 2.24) is 10.2 Å². The fourth-order valence-corrected chi connectivity index (χ4v) is 2.10. The molecule has 2 N–H and O–H groups in total. The lowest BCUT2D eigenvalue weighted by Gasteiger charge is -2.19.